The van der Waals surface area contributed by atoms with Crippen LogP contribution in [0.2, 0.25) is 0 Å². The van der Waals surface area contributed by atoms with Crippen molar-refractivity contribution in [1.82, 2.24) is 5.32 Å². The van der Waals surface area contributed by atoms with E-state index < -0.39 is 0 Å². The zero-order valence-corrected chi connectivity index (χ0v) is 9.91. The van der Waals surface area contributed by atoms with Crippen molar-refractivity contribution in [2.75, 3.05) is 0 Å². The standard InChI is InChI=1S/C13H17NO2/c1-9-6-4-5-7-12(9)13(16)8-10(2)14-11(3)15/h4-7,10H,8H2,1-3H3,(H,14,15). The number of hydrogen-bond donors (Lipinski definition) is 1. The Kier molecular flexibility index (Phi) is 4.23. The van der Waals surface area contributed by atoms with Gasteiger partial charge in [0.2, 0.25) is 5.91 Å². The average Bonchev–Trinajstić information content (AvgIpc) is 2.16. The highest BCUT2D eigenvalue weighted by Crippen LogP contribution is 2.10. The van der Waals surface area contributed by atoms with Crippen molar-refractivity contribution in [2.45, 2.75) is 33.2 Å². The van der Waals surface area contributed by atoms with Gasteiger partial charge in [-0.25, -0.2) is 0 Å². The van der Waals surface area contributed by atoms with E-state index in [1.54, 1.807) is 0 Å². The molecule has 1 rings (SSSR count). The molecule has 0 saturated heterocycles. The van der Waals surface area contributed by atoms with E-state index in [4.69, 9.17) is 0 Å². The van der Waals surface area contributed by atoms with Gasteiger partial charge >= 0.3 is 0 Å². The van der Waals surface area contributed by atoms with E-state index >= 15 is 0 Å². The minimum atomic E-state index is -0.121. The molecule has 0 fully saturated rings. The summed E-state index contributed by atoms with van der Waals surface area (Å²) in [6, 6.07) is 7.37. The summed E-state index contributed by atoms with van der Waals surface area (Å²) >= 11 is 0. The highest BCUT2D eigenvalue weighted by atomic mass is 16.1. The second-order valence-electron chi connectivity index (χ2n) is 4.04. The molecule has 0 radical (unpaired) electrons. The summed E-state index contributed by atoms with van der Waals surface area (Å²) in [6.07, 6.45) is 0.338. The molecule has 1 unspecified atom stereocenters. The summed E-state index contributed by atoms with van der Waals surface area (Å²) in [7, 11) is 0. The summed E-state index contributed by atoms with van der Waals surface area (Å²) in [6.45, 7) is 5.20. The molecule has 0 aliphatic rings. The molecular weight excluding hydrogens is 202 g/mol. The smallest absolute Gasteiger partial charge is 0.217 e. The Morgan fingerprint density at radius 1 is 1.31 bits per heavy atom. The highest BCUT2D eigenvalue weighted by molar-refractivity contribution is 5.97. The zero-order valence-electron chi connectivity index (χ0n) is 9.91. The molecule has 1 N–H and O–H groups in total. The largest absolute Gasteiger partial charge is 0.353 e. The van der Waals surface area contributed by atoms with Gasteiger partial charge in [0.15, 0.2) is 5.78 Å². The number of amides is 1. The Bertz CT molecular complexity index is 399. The summed E-state index contributed by atoms with van der Waals surface area (Å²) in [4.78, 5) is 22.7. The number of carbonyl (C=O) groups excluding carboxylic acids is 2. The molecule has 0 aliphatic heterocycles. The highest BCUT2D eigenvalue weighted by Gasteiger charge is 2.13. The lowest BCUT2D eigenvalue weighted by atomic mass is 10.0. The number of aryl methyl sites for hydroxylation is 1. The maximum Gasteiger partial charge on any atom is 0.217 e. The van der Waals surface area contributed by atoms with Crippen LogP contribution in [-0.4, -0.2) is 17.7 Å². The molecule has 86 valence electrons. The molecule has 3 nitrogen and oxygen atoms in total. The van der Waals surface area contributed by atoms with Crippen molar-refractivity contribution in [3.63, 3.8) is 0 Å². The van der Waals surface area contributed by atoms with E-state index in [0.29, 0.717) is 6.42 Å². The van der Waals surface area contributed by atoms with E-state index in [0.717, 1.165) is 11.1 Å². The van der Waals surface area contributed by atoms with E-state index in [1.165, 1.54) is 6.92 Å². The third kappa shape index (κ3) is 3.50. The topological polar surface area (TPSA) is 46.2 Å². The number of rotatable bonds is 4. The fourth-order valence-corrected chi connectivity index (χ4v) is 1.67. The molecule has 0 heterocycles. The molecule has 0 aliphatic carbocycles. The molecule has 1 atom stereocenters. The first-order valence-corrected chi connectivity index (χ1v) is 5.36. The second-order valence-corrected chi connectivity index (χ2v) is 4.04. The van der Waals surface area contributed by atoms with Gasteiger partial charge in [0, 0.05) is 24.9 Å². The number of carbonyl (C=O) groups is 2. The molecule has 1 aromatic carbocycles. The van der Waals surface area contributed by atoms with Gasteiger partial charge in [0.05, 0.1) is 0 Å². The summed E-state index contributed by atoms with van der Waals surface area (Å²) < 4.78 is 0. The molecule has 1 amide bonds. The first kappa shape index (κ1) is 12.4. The first-order chi connectivity index (χ1) is 7.50. The predicted molar refractivity (Wildman–Crippen MR) is 63.4 cm³/mol. The number of hydrogen-bond acceptors (Lipinski definition) is 2. The Balaban J connectivity index is 2.66. The number of benzene rings is 1. The molecule has 1 aromatic rings. The van der Waals surface area contributed by atoms with Crippen molar-refractivity contribution in [3.8, 4) is 0 Å². The fraction of sp³-hybridized carbons (Fsp3) is 0.385. The monoisotopic (exact) mass is 219 g/mol. The molecule has 0 spiro atoms. The van der Waals surface area contributed by atoms with Crippen LogP contribution in [0.5, 0.6) is 0 Å². The van der Waals surface area contributed by atoms with Crippen molar-refractivity contribution in [2.24, 2.45) is 0 Å². The maximum absolute atomic E-state index is 11.9. The lowest BCUT2D eigenvalue weighted by molar-refractivity contribution is -0.119. The molecule has 0 bridgehead atoms. The summed E-state index contributed by atoms with van der Waals surface area (Å²) in [5.74, 6) is -0.0376. The Morgan fingerprint density at radius 3 is 2.50 bits per heavy atom. The lowest BCUT2D eigenvalue weighted by Gasteiger charge is -2.12. The second kappa shape index (κ2) is 5.45. The lowest BCUT2D eigenvalue weighted by Crippen LogP contribution is -2.32. The Labute approximate surface area is 95.9 Å². The van der Waals surface area contributed by atoms with Crippen LogP contribution in [0, 0.1) is 6.92 Å². The van der Waals surface area contributed by atoms with E-state index in [-0.39, 0.29) is 17.7 Å². The molecule has 0 aromatic heterocycles. The summed E-state index contributed by atoms with van der Waals surface area (Å²) in [5, 5.41) is 2.70. The fourth-order valence-electron chi connectivity index (χ4n) is 1.67. The number of nitrogens with one attached hydrogen (secondary N) is 1. The van der Waals surface area contributed by atoms with Gasteiger partial charge < -0.3 is 5.32 Å². The van der Waals surface area contributed by atoms with Crippen LogP contribution >= 0.6 is 0 Å². The zero-order chi connectivity index (χ0) is 12.1. The van der Waals surface area contributed by atoms with E-state index in [9.17, 15) is 9.59 Å². The maximum atomic E-state index is 11.9. The normalized spacial score (nSPS) is 11.9. The predicted octanol–water partition coefficient (Wildman–Crippen LogP) is 2.09. The molecule has 0 saturated carbocycles. The molecule has 16 heavy (non-hydrogen) atoms. The third-order valence-electron chi connectivity index (χ3n) is 2.39. The van der Waals surface area contributed by atoms with Crippen LogP contribution in [0.4, 0.5) is 0 Å². The van der Waals surface area contributed by atoms with Crippen LogP contribution in [-0.2, 0) is 4.79 Å². The third-order valence-corrected chi connectivity index (χ3v) is 2.39. The van der Waals surface area contributed by atoms with Crippen LogP contribution in [0.1, 0.15) is 36.2 Å². The van der Waals surface area contributed by atoms with Gasteiger partial charge in [-0.05, 0) is 19.4 Å². The Morgan fingerprint density at radius 2 is 1.94 bits per heavy atom. The van der Waals surface area contributed by atoms with Gasteiger partial charge in [-0.2, -0.15) is 0 Å². The first-order valence-electron chi connectivity index (χ1n) is 5.36. The Hall–Kier alpha value is -1.64. The van der Waals surface area contributed by atoms with Gasteiger partial charge in [-0.3, -0.25) is 9.59 Å². The SMILES string of the molecule is CC(=O)NC(C)CC(=O)c1ccccc1C. The quantitative estimate of drug-likeness (QED) is 0.788. The van der Waals surface area contributed by atoms with Crippen LogP contribution < -0.4 is 5.32 Å². The van der Waals surface area contributed by atoms with Crippen LogP contribution in [0.25, 0.3) is 0 Å². The van der Waals surface area contributed by atoms with E-state index in [2.05, 4.69) is 5.32 Å². The van der Waals surface area contributed by atoms with Crippen LogP contribution in [0.3, 0.4) is 0 Å². The number of Topliss-reactive ketones (excluding diaryl/α,β-unsaturated/α-hetero) is 1. The van der Waals surface area contributed by atoms with Crippen LogP contribution in [0.15, 0.2) is 24.3 Å². The average molecular weight is 219 g/mol. The van der Waals surface area contributed by atoms with Crippen molar-refractivity contribution in [3.05, 3.63) is 35.4 Å². The van der Waals surface area contributed by atoms with Gasteiger partial charge in [0.25, 0.3) is 0 Å². The van der Waals surface area contributed by atoms with Gasteiger partial charge in [0.1, 0.15) is 0 Å². The van der Waals surface area contributed by atoms with Gasteiger partial charge in [-0.1, -0.05) is 24.3 Å². The molecule has 3 heteroatoms. The molecular formula is C13H17NO2. The van der Waals surface area contributed by atoms with Crippen molar-refractivity contribution < 1.29 is 9.59 Å². The van der Waals surface area contributed by atoms with Crippen molar-refractivity contribution >= 4 is 11.7 Å². The summed E-state index contributed by atoms with van der Waals surface area (Å²) in [5.41, 5.74) is 1.71. The van der Waals surface area contributed by atoms with Gasteiger partial charge in [-0.15, -0.1) is 0 Å². The van der Waals surface area contributed by atoms with Crippen molar-refractivity contribution in [1.29, 1.82) is 0 Å². The number of ketones is 1. The minimum Gasteiger partial charge on any atom is -0.353 e. The van der Waals surface area contributed by atoms with E-state index in [1.807, 2.05) is 38.1 Å². The minimum absolute atomic E-state index is 0.0688.